The van der Waals surface area contributed by atoms with E-state index in [1.165, 1.54) is 14.1 Å². The van der Waals surface area contributed by atoms with Crippen molar-refractivity contribution in [3.63, 3.8) is 0 Å². The Morgan fingerprint density at radius 2 is 1.71 bits per heavy atom. The number of carbonyl (C=O) groups excluding carboxylic acids is 1. The van der Waals surface area contributed by atoms with Gasteiger partial charge < -0.3 is 4.74 Å². The van der Waals surface area contributed by atoms with E-state index in [1.54, 1.807) is 0 Å². The van der Waals surface area contributed by atoms with E-state index in [9.17, 15) is 31.1 Å². The van der Waals surface area contributed by atoms with Crippen molar-refractivity contribution in [2.75, 3.05) is 0 Å². The van der Waals surface area contributed by atoms with Gasteiger partial charge >= 0.3 is 18.3 Å². The molecule has 0 amide bonds. The number of halogens is 6. The van der Waals surface area contributed by atoms with Crippen LogP contribution in [0.25, 0.3) is 11.0 Å². The number of carbonyl (C=O) groups is 1. The Balaban J connectivity index is 1.84. The summed E-state index contributed by atoms with van der Waals surface area (Å²) in [5, 5.41) is 6.22. The van der Waals surface area contributed by atoms with Crippen LogP contribution in [-0.4, -0.2) is 30.5 Å². The highest BCUT2D eigenvalue weighted by molar-refractivity contribution is 5.93. The van der Waals surface area contributed by atoms with Crippen LogP contribution in [0.1, 0.15) is 27.4 Å². The standard InChI is InChI=1S/C15H11F6N5O2/c1-25-8(4-10(23-25)14(16,17)18)6-28-13(27)7-3-9-11(15(19,20)21)24-26(2)12(9)22-5-7/h3-5H,6H2,1-2H3. The lowest BCUT2D eigenvalue weighted by atomic mass is 10.2. The van der Waals surface area contributed by atoms with E-state index in [0.29, 0.717) is 6.07 Å². The van der Waals surface area contributed by atoms with Crippen LogP contribution < -0.4 is 0 Å². The summed E-state index contributed by atoms with van der Waals surface area (Å²) in [7, 11) is 2.50. The maximum absolute atomic E-state index is 13.1. The van der Waals surface area contributed by atoms with Gasteiger partial charge in [0, 0.05) is 20.3 Å². The van der Waals surface area contributed by atoms with Gasteiger partial charge in [-0.15, -0.1) is 0 Å². The average Bonchev–Trinajstić information content (AvgIpc) is 3.12. The molecule has 0 spiro atoms. The average molecular weight is 407 g/mol. The molecule has 150 valence electrons. The molecule has 3 rings (SSSR count). The number of pyridine rings is 1. The van der Waals surface area contributed by atoms with Crippen LogP contribution >= 0.6 is 0 Å². The predicted molar refractivity (Wildman–Crippen MR) is 80.8 cm³/mol. The minimum atomic E-state index is -4.76. The van der Waals surface area contributed by atoms with Gasteiger partial charge in [-0.3, -0.25) is 4.68 Å². The highest BCUT2D eigenvalue weighted by Gasteiger charge is 2.37. The van der Waals surface area contributed by atoms with Crippen molar-refractivity contribution in [3.05, 3.63) is 41.0 Å². The van der Waals surface area contributed by atoms with E-state index >= 15 is 0 Å². The lowest BCUT2D eigenvalue weighted by Crippen LogP contribution is -2.09. The Hall–Kier alpha value is -3.12. The van der Waals surface area contributed by atoms with Crippen LogP contribution in [0.5, 0.6) is 0 Å². The molecular weight excluding hydrogens is 396 g/mol. The second-order valence-corrected chi connectivity index (χ2v) is 5.78. The highest BCUT2D eigenvalue weighted by Crippen LogP contribution is 2.33. The molecule has 0 aliphatic heterocycles. The maximum atomic E-state index is 13.1. The Kier molecular flexibility index (Phi) is 4.55. The van der Waals surface area contributed by atoms with E-state index in [0.717, 1.165) is 21.6 Å². The molecule has 7 nitrogen and oxygen atoms in total. The first-order valence-corrected chi connectivity index (χ1v) is 7.55. The predicted octanol–water partition coefficient (Wildman–Crippen LogP) is 3.10. The highest BCUT2D eigenvalue weighted by atomic mass is 19.4. The third-order valence-corrected chi connectivity index (χ3v) is 3.80. The number of aromatic nitrogens is 5. The molecule has 0 atom stereocenters. The molecule has 0 saturated heterocycles. The summed E-state index contributed by atoms with van der Waals surface area (Å²) in [4.78, 5) is 15.9. The fourth-order valence-corrected chi connectivity index (χ4v) is 2.46. The van der Waals surface area contributed by atoms with E-state index in [4.69, 9.17) is 4.74 Å². The SMILES string of the molecule is Cn1nc(C(F)(F)F)cc1COC(=O)c1cnc2c(c1)c(C(F)(F)F)nn2C. The molecule has 13 heteroatoms. The molecule has 0 fully saturated rings. The minimum absolute atomic E-state index is 0.0490. The molecule has 0 aliphatic carbocycles. The molecule has 0 unspecified atom stereocenters. The van der Waals surface area contributed by atoms with Crippen molar-refractivity contribution in [1.29, 1.82) is 0 Å². The van der Waals surface area contributed by atoms with Gasteiger partial charge in [0.1, 0.15) is 6.61 Å². The summed E-state index contributed by atoms with van der Waals surface area (Å²) in [6.45, 7) is -0.560. The number of nitrogens with zero attached hydrogens (tertiary/aromatic N) is 5. The number of rotatable bonds is 3. The zero-order valence-corrected chi connectivity index (χ0v) is 14.3. The Bertz CT molecular complexity index is 1050. The molecule has 28 heavy (non-hydrogen) atoms. The molecular formula is C15H11F6N5O2. The summed E-state index contributed by atoms with van der Waals surface area (Å²) in [6.07, 6.45) is -8.42. The Morgan fingerprint density at radius 1 is 1.04 bits per heavy atom. The minimum Gasteiger partial charge on any atom is -0.456 e. The van der Waals surface area contributed by atoms with Crippen molar-refractivity contribution in [2.24, 2.45) is 14.1 Å². The summed E-state index contributed by atoms with van der Waals surface area (Å²) in [5.74, 6) is -1.05. The molecule has 0 N–H and O–H groups in total. The molecule has 0 saturated carbocycles. The van der Waals surface area contributed by atoms with Gasteiger partial charge in [0.2, 0.25) is 0 Å². The molecule has 3 heterocycles. The monoisotopic (exact) mass is 407 g/mol. The first-order chi connectivity index (χ1) is 12.9. The summed E-state index contributed by atoms with van der Waals surface area (Å²) < 4.78 is 83.8. The molecule has 0 aromatic carbocycles. The van der Waals surface area contributed by atoms with Gasteiger partial charge in [-0.2, -0.15) is 36.5 Å². The van der Waals surface area contributed by atoms with Gasteiger partial charge in [-0.05, 0) is 12.1 Å². The van der Waals surface area contributed by atoms with E-state index in [-0.39, 0.29) is 16.9 Å². The fraction of sp³-hybridized carbons (Fsp3) is 0.333. The van der Waals surface area contributed by atoms with Gasteiger partial charge in [-0.25, -0.2) is 14.5 Å². The molecule has 0 aliphatic rings. The number of fused-ring (bicyclic) bond motifs is 1. The number of hydrogen-bond acceptors (Lipinski definition) is 5. The van der Waals surface area contributed by atoms with Gasteiger partial charge in [0.15, 0.2) is 17.0 Å². The van der Waals surface area contributed by atoms with Crippen LogP contribution in [0.4, 0.5) is 26.3 Å². The first-order valence-electron chi connectivity index (χ1n) is 7.55. The Morgan fingerprint density at radius 3 is 2.29 bits per heavy atom. The second-order valence-electron chi connectivity index (χ2n) is 5.78. The summed E-state index contributed by atoms with van der Waals surface area (Å²) >= 11 is 0. The summed E-state index contributed by atoms with van der Waals surface area (Å²) in [5.41, 5.74) is -2.82. The zero-order chi connectivity index (χ0) is 20.9. The van der Waals surface area contributed by atoms with Crippen molar-refractivity contribution in [3.8, 4) is 0 Å². The zero-order valence-electron chi connectivity index (χ0n) is 14.3. The first kappa shape index (κ1) is 19.6. The summed E-state index contributed by atoms with van der Waals surface area (Å²) in [6, 6.07) is 1.63. The van der Waals surface area contributed by atoms with Crippen LogP contribution in [0.3, 0.4) is 0 Å². The van der Waals surface area contributed by atoms with Crippen molar-refractivity contribution in [1.82, 2.24) is 24.5 Å². The number of alkyl halides is 6. The molecule has 3 aromatic rings. The largest absolute Gasteiger partial charge is 0.456 e. The Labute approximate surface area is 152 Å². The maximum Gasteiger partial charge on any atom is 0.435 e. The fourth-order valence-electron chi connectivity index (χ4n) is 2.46. The number of aryl methyl sites for hydroxylation is 2. The lowest BCUT2D eigenvalue weighted by Gasteiger charge is -2.06. The number of ether oxygens (including phenoxy) is 1. The third kappa shape index (κ3) is 3.64. The van der Waals surface area contributed by atoms with Gasteiger partial charge in [0.05, 0.1) is 16.6 Å². The van der Waals surface area contributed by atoms with Crippen LogP contribution in [0.2, 0.25) is 0 Å². The van der Waals surface area contributed by atoms with Crippen molar-refractivity contribution < 1.29 is 35.9 Å². The van der Waals surface area contributed by atoms with E-state index < -0.39 is 41.7 Å². The number of hydrogen-bond donors (Lipinski definition) is 0. The number of esters is 1. The smallest absolute Gasteiger partial charge is 0.435 e. The lowest BCUT2D eigenvalue weighted by molar-refractivity contribution is -0.141. The third-order valence-electron chi connectivity index (χ3n) is 3.80. The molecule has 0 radical (unpaired) electrons. The second kappa shape index (κ2) is 6.49. The molecule has 3 aromatic heterocycles. The van der Waals surface area contributed by atoms with E-state index in [2.05, 4.69) is 15.2 Å². The van der Waals surface area contributed by atoms with Crippen LogP contribution in [0.15, 0.2) is 18.3 Å². The normalized spacial score (nSPS) is 12.6. The quantitative estimate of drug-likeness (QED) is 0.493. The van der Waals surface area contributed by atoms with Gasteiger partial charge in [-0.1, -0.05) is 0 Å². The van der Waals surface area contributed by atoms with Gasteiger partial charge in [0.25, 0.3) is 0 Å². The van der Waals surface area contributed by atoms with Crippen LogP contribution in [0, 0.1) is 0 Å². The topological polar surface area (TPSA) is 74.8 Å². The van der Waals surface area contributed by atoms with E-state index in [1.807, 2.05) is 0 Å². The van der Waals surface area contributed by atoms with Crippen molar-refractivity contribution in [2.45, 2.75) is 19.0 Å². The van der Waals surface area contributed by atoms with Crippen LogP contribution in [-0.2, 0) is 37.8 Å². The van der Waals surface area contributed by atoms with Crippen molar-refractivity contribution >= 4 is 17.0 Å². The molecule has 0 bridgehead atoms.